The van der Waals surface area contributed by atoms with Crippen LogP contribution in [-0.2, 0) is 9.53 Å². The van der Waals surface area contributed by atoms with Crippen molar-refractivity contribution in [1.29, 1.82) is 0 Å². The molecule has 2 aliphatic heterocycles. The van der Waals surface area contributed by atoms with Gasteiger partial charge in [0.05, 0.1) is 19.1 Å². The Labute approximate surface area is 109 Å². The largest absolute Gasteiger partial charge is 0.375 e. The SMILES string of the molecule is CC1CN(C(=O)CC2CNCCO2)CC1N(C)C. The molecule has 3 atom stereocenters. The van der Waals surface area contributed by atoms with Crippen molar-refractivity contribution >= 4 is 5.91 Å². The highest BCUT2D eigenvalue weighted by Crippen LogP contribution is 2.21. The fraction of sp³-hybridized carbons (Fsp3) is 0.923. The van der Waals surface area contributed by atoms with E-state index in [0.29, 0.717) is 25.0 Å². The smallest absolute Gasteiger partial charge is 0.225 e. The number of morpholine rings is 1. The van der Waals surface area contributed by atoms with Gasteiger partial charge < -0.3 is 19.9 Å². The van der Waals surface area contributed by atoms with E-state index in [-0.39, 0.29) is 12.0 Å². The van der Waals surface area contributed by atoms with Gasteiger partial charge in [0.15, 0.2) is 0 Å². The molecule has 2 aliphatic rings. The third-order valence-electron chi connectivity index (χ3n) is 4.00. The van der Waals surface area contributed by atoms with E-state index in [0.717, 1.165) is 26.2 Å². The van der Waals surface area contributed by atoms with Crippen LogP contribution < -0.4 is 5.32 Å². The van der Waals surface area contributed by atoms with E-state index < -0.39 is 0 Å². The average Bonchev–Trinajstić information content (AvgIpc) is 2.73. The second-order valence-corrected chi connectivity index (χ2v) is 5.71. The van der Waals surface area contributed by atoms with Gasteiger partial charge in [0.2, 0.25) is 5.91 Å². The zero-order valence-electron chi connectivity index (χ0n) is 11.7. The molecular weight excluding hydrogens is 230 g/mol. The lowest BCUT2D eigenvalue weighted by Crippen LogP contribution is -2.42. The van der Waals surface area contributed by atoms with Gasteiger partial charge in [-0.05, 0) is 20.0 Å². The molecule has 104 valence electrons. The highest BCUT2D eigenvalue weighted by molar-refractivity contribution is 5.77. The quantitative estimate of drug-likeness (QED) is 0.757. The maximum Gasteiger partial charge on any atom is 0.225 e. The lowest BCUT2D eigenvalue weighted by molar-refractivity contribution is -0.133. The molecule has 3 unspecified atom stereocenters. The first-order chi connectivity index (χ1) is 8.58. The molecule has 18 heavy (non-hydrogen) atoms. The van der Waals surface area contributed by atoms with E-state index in [9.17, 15) is 4.79 Å². The topological polar surface area (TPSA) is 44.8 Å². The fourth-order valence-electron chi connectivity index (χ4n) is 2.90. The average molecular weight is 255 g/mol. The van der Waals surface area contributed by atoms with E-state index in [1.807, 2.05) is 4.90 Å². The molecule has 2 rings (SSSR count). The number of carbonyl (C=O) groups is 1. The molecule has 0 bridgehead atoms. The molecule has 0 spiro atoms. The Bertz CT molecular complexity index is 290. The van der Waals surface area contributed by atoms with Crippen LogP contribution in [0.15, 0.2) is 0 Å². The zero-order chi connectivity index (χ0) is 13.1. The van der Waals surface area contributed by atoms with Crippen molar-refractivity contribution in [2.75, 3.05) is 46.9 Å². The molecule has 5 heteroatoms. The number of rotatable bonds is 3. The summed E-state index contributed by atoms with van der Waals surface area (Å²) in [5.74, 6) is 0.786. The summed E-state index contributed by atoms with van der Waals surface area (Å²) in [6.45, 7) is 6.36. The Morgan fingerprint density at radius 1 is 1.44 bits per heavy atom. The third-order valence-corrected chi connectivity index (χ3v) is 4.00. The van der Waals surface area contributed by atoms with Crippen molar-refractivity contribution in [1.82, 2.24) is 15.1 Å². The van der Waals surface area contributed by atoms with Crippen LogP contribution >= 0.6 is 0 Å². The van der Waals surface area contributed by atoms with Crippen molar-refractivity contribution in [3.8, 4) is 0 Å². The van der Waals surface area contributed by atoms with Crippen LogP contribution in [0.2, 0.25) is 0 Å². The molecule has 2 heterocycles. The van der Waals surface area contributed by atoms with Gasteiger partial charge in [-0.15, -0.1) is 0 Å². The molecule has 2 saturated heterocycles. The number of nitrogens with zero attached hydrogens (tertiary/aromatic N) is 2. The van der Waals surface area contributed by atoms with Crippen LogP contribution in [0, 0.1) is 5.92 Å². The van der Waals surface area contributed by atoms with E-state index in [1.54, 1.807) is 0 Å². The van der Waals surface area contributed by atoms with Gasteiger partial charge in [0.1, 0.15) is 0 Å². The number of hydrogen-bond donors (Lipinski definition) is 1. The standard InChI is InChI=1S/C13H25N3O2/c1-10-8-16(9-12(10)15(2)3)13(17)6-11-7-14-4-5-18-11/h10-12,14H,4-9H2,1-3H3. The minimum atomic E-state index is 0.0555. The van der Waals surface area contributed by atoms with Crippen molar-refractivity contribution < 1.29 is 9.53 Å². The molecule has 2 fully saturated rings. The van der Waals surface area contributed by atoms with Crippen LogP contribution in [0.25, 0.3) is 0 Å². The van der Waals surface area contributed by atoms with Gasteiger partial charge in [-0.1, -0.05) is 6.92 Å². The number of ether oxygens (including phenoxy) is 1. The normalized spacial score (nSPS) is 33.1. The molecule has 1 N–H and O–H groups in total. The van der Waals surface area contributed by atoms with Crippen LogP contribution in [-0.4, -0.2) is 74.7 Å². The summed E-state index contributed by atoms with van der Waals surface area (Å²) in [6.07, 6.45) is 0.569. The van der Waals surface area contributed by atoms with Gasteiger partial charge in [-0.2, -0.15) is 0 Å². The molecule has 0 saturated carbocycles. The summed E-state index contributed by atoms with van der Waals surface area (Å²) in [5, 5.41) is 3.26. The first-order valence-electron chi connectivity index (χ1n) is 6.84. The lowest BCUT2D eigenvalue weighted by atomic mass is 10.1. The molecular formula is C13H25N3O2. The second-order valence-electron chi connectivity index (χ2n) is 5.71. The van der Waals surface area contributed by atoms with Crippen LogP contribution in [0.4, 0.5) is 0 Å². The molecule has 0 radical (unpaired) electrons. The number of amides is 1. The monoisotopic (exact) mass is 255 g/mol. The number of carbonyl (C=O) groups excluding carboxylic acids is 1. The van der Waals surface area contributed by atoms with Gasteiger partial charge in [-0.25, -0.2) is 0 Å². The fourth-order valence-corrected chi connectivity index (χ4v) is 2.90. The van der Waals surface area contributed by atoms with Crippen molar-refractivity contribution in [3.05, 3.63) is 0 Å². The third kappa shape index (κ3) is 3.22. The van der Waals surface area contributed by atoms with E-state index >= 15 is 0 Å². The van der Waals surface area contributed by atoms with Gasteiger partial charge in [0, 0.05) is 32.2 Å². The second kappa shape index (κ2) is 5.99. The van der Waals surface area contributed by atoms with Crippen LogP contribution in [0.1, 0.15) is 13.3 Å². The Morgan fingerprint density at radius 2 is 2.22 bits per heavy atom. The summed E-state index contributed by atoms with van der Waals surface area (Å²) in [5.41, 5.74) is 0. The maximum absolute atomic E-state index is 12.2. The highest BCUT2D eigenvalue weighted by atomic mass is 16.5. The number of likely N-dealkylation sites (N-methyl/N-ethyl adjacent to an activating group) is 1. The first-order valence-corrected chi connectivity index (χ1v) is 6.84. The molecule has 0 aromatic heterocycles. The van der Waals surface area contributed by atoms with Crippen molar-refractivity contribution in [2.45, 2.75) is 25.5 Å². The summed E-state index contributed by atoms with van der Waals surface area (Å²) >= 11 is 0. The summed E-state index contributed by atoms with van der Waals surface area (Å²) in [6, 6.07) is 0.486. The summed E-state index contributed by atoms with van der Waals surface area (Å²) in [7, 11) is 4.17. The minimum absolute atomic E-state index is 0.0555. The van der Waals surface area contributed by atoms with Gasteiger partial charge in [0.25, 0.3) is 0 Å². The van der Waals surface area contributed by atoms with Gasteiger partial charge >= 0.3 is 0 Å². The van der Waals surface area contributed by atoms with E-state index in [4.69, 9.17) is 4.74 Å². The van der Waals surface area contributed by atoms with E-state index in [1.165, 1.54) is 0 Å². The lowest BCUT2D eigenvalue weighted by Gasteiger charge is -2.26. The van der Waals surface area contributed by atoms with Gasteiger partial charge in [-0.3, -0.25) is 4.79 Å². The molecule has 0 aliphatic carbocycles. The van der Waals surface area contributed by atoms with E-state index in [2.05, 4.69) is 31.2 Å². The Kier molecular flexibility index (Phi) is 4.59. The molecule has 1 amide bonds. The summed E-state index contributed by atoms with van der Waals surface area (Å²) < 4.78 is 5.59. The zero-order valence-corrected chi connectivity index (χ0v) is 11.7. The number of likely N-dealkylation sites (tertiary alicyclic amines) is 1. The number of nitrogens with one attached hydrogen (secondary N) is 1. The molecule has 5 nitrogen and oxygen atoms in total. The summed E-state index contributed by atoms with van der Waals surface area (Å²) in [4.78, 5) is 16.4. The van der Waals surface area contributed by atoms with Crippen LogP contribution in [0.5, 0.6) is 0 Å². The molecule has 0 aromatic carbocycles. The number of hydrogen-bond acceptors (Lipinski definition) is 4. The van der Waals surface area contributed by atoms with Crippen molar-refractivity contribution in [2.24, 2.45) is 5.92 Å². The highest BCUT2D eigenvalue weighted by Gasteiger charge is 2.34. The predicted molar refractivity (Wildman–Crippen MR) is 70.4 cm³/mol. The predicted octanol–water partition coefficient (Wildman–Crippen LogP) is -0.227. The Morgan fingerprint density at radius 3 is 2.78 bits per heavy atom. The van der Waals surface area contributed by atoms with Crippen molar-refractivity contribution in [3.63, 3.8) is 0 Å². The first kappa shape index (κ1) is 13.8. The maximum atomic E-state index is 12.2. The Hall–Kier alpha value is -0.650. The molecule has 0 aromatic rings. The minimum Gasteiger partial charge on any atom is -0.375 e. The van der Waals surface area contributed by atoms with Crippen LogP contribution in [0.3, 0.4) is 0 Å². The Balaban J connectivity index is 1.82.